The summed E-state index contributed by atoms with van der Waals surface area (Å²) in [5, 5.41) is 10.7. The molecule has 0 fully saturated rings. The van der Waals surface area contributed by atoms with E-state index in [0.717, 1.165) is 12.3 Å². The second-order valence-electron chi connectivity index (χ2n) is 3.06. The van der Waals surface area contributed by atoms with E-state index in [1.54, 1.807) is 0 Å². The third-order valence-electron chi connectivity index (χ3n) is 1.59. The Labute approximate surface area is 105 Å². The molecule has 0 aromatic heterocycles. The van der Waals surface area contributed by atoms with Crippen molar-refractivity contribution in [2.45, 2.75) is 11.8 Å². The van der Waals surface area contributed by atoms with Crippen LogP contribution in [-0.4, -0.2) is 27.8 Å². The minimum Gasteiger partial charge on any atom is -0.469 e. The van der Waals surface area contributed by atoms with Crippen LogP contribution in [0.4, 0.5) is 0 Å². The van der Waals surface area contributed by atoms with Gasteiger partial charge >= 0.3 is 5.97 Å². The van der Waals surface area contributed by atoms with E-state index < -0.39 is 9.84 Å². The molecule has 95 valence electrons. The Kier molecular flexibility index (Phi) is 5.98. The Bertz CT molecular complexity index is 495. The number of hydrogen-bond donors (Lipinski definition) is 0. The van der Waals surface area contributed by atoms with Gasteiger partial charge in [-0.15, -0.1) is 0 Å². The third kappa shape index (κ3) is 6.13. The molecule has 1 rings (SSSR count). The highest BCUT2D eigenvalue weighted by Crippen LogP contribution is 2.25. The summed E-state index contributed by atoms with van der Waals surface area (Å²) in [5.74, 6) is -0.544. The molecule has 0 unspecified atom stereocenters. The van der Waals surface area contributed by atoms with Crippen LogP contribution in [0.25, 0.3) is 0 Å². The van der Waals surface area contributed by atoms with Crippen LogP contribution in [0.3, 0.4) is 0 Å². The topological polar surface area (TPSA) is 80.3 Å². The molecule has 1 aromatic rings. The summed E-state index contributed by atoms with van der Waals surface area (Å²) in [5.41, 5.74) is 0. The highest BCUT2D eigenvalue weighted by atomic mass is 35.5. The molecule has 0 N–H and O–H groups in total. The molecule has 0 spiro atoms. The molecule has 0 bridgehead atoms. The fourth-order valence-electron chi connectivity index (χ4n) is 0.782. The summed E-state index contributed by atoms with van der Waals surface area (Å²) >= 11 is 5.53. The Morgan fingerprint density at radius 3 is 2.12 bits per heavy atom. The normalized spacial score (nSPS) is 10.1. The zero-order valence-corrected chi connectivity index (χ0v) is 11.1. The Morgan fingerprint density at radius 1 is 1.35 bits per heavy atom. The maximum absolute atomic E-state index is 11.0. The maximum Gasteiger partial charge on any atom is 0.302 e. The number of carbonyl (C=O) groups is 1. The molecule has 0 saturated heterocycles. The van der Waals surface area contributed by atoms with E-state index in [0.29, 0.717) is 0 Å². The first-order valence-electron chi connectivity index (χ1n) is 4.39. The van der Waals surface area contributed by atoms with Crippen molar-refractivity contribution in [3.63, 3.8) is 0 Å². The van der Waals surface area contributed by atoms with Crippen LogP contribution in [-0.2, 0) is 24.5 Å². The Morgan fingerprint density at radius 2 is 1.82 bits per heavy atom. The van der Waals surface area contributed by atoms with E-state index in [-0.39, 0.29) is 21.6 Å². The average molecular weight is 280 g/mol. The molecule has 0 atom stereocenters. The summed E-state index contributed by atoms with van der Waals surface area (Å²) in [6, 6.07) is 3.46. The largest absolute Gasteiger partial charge is 0.469 e. The molecular formula is C10H12ClO5S. The van der Waals surface area contributed by atoms with E-state index in [2.05, 4.69) is 4.74 Å². The van der Waals surface area contributed by atoms with Gasteiger partial charge in [0.2, 0.25) is 0 Å². The van der Waals surface area contributed by atoms with Crippen LogP contribution < -0.4 is 0 Å². The predicted octanol–water partition coefficient (Wildman–Crippen LogP) is 2.07. The van der Waals surface area contributed by atoms with Gasteiger partial charge in [-0.1, -0.05) is 11.6 Å². The zero-order chi connectivity index (χ0) is 13.6. The lowest BCUT2D eigenvalue weighted by atomic mass is 10.3. The first-order valence-corrected chi connectivity index (χ1v) is 6.66. The second kappa shape index (κ2) is 6.46. The molecule has 0 aliphatic carbocycles. The molecule has 0 aliphatic rings. The minimum atomic E-state index is -3.32. The first kappa shape index (κ1) is 15.7. The van der Waals surface area contributed by atoms with Gasteiger partial charge in [-0.05, 0) is 12.1 Å². The summed E-state index contributed by atoms with van der Waals surface area (Å²) in [6.45, 7) is 1.36. The number of carbonyl (C=O) groups excluding carboxylic acids is 1. The number of esters is 1. The van der Waals surface area contributed by atoms with Crippen molar-refractivity contribution in [3.05, 3.63) is 23.2 Å². The van der Waals surface area contributed by atoms with Crippen molar-refractivity contribution in [3.8, 4) is 5.75 Å². The predicted molar refractivity (Wildman–Crippen MR) is 62.4 cm³/mol. The number of methoxy groups -OCH3 is 1. The summed E-state index contributed by atoms with van der Waals surface area (Å²) in [6.07, 6.45) is 1.04. The highest BCUT2D eigenvalue weighted by molar-refractivity contribution is 7.90. The van der Waals surface area contributed by atoms with Gasteiger partial charge in [0.1, 0.15) is 0 Å². The Balaban J connectivity index is 0.000000437. The molecule has 0 amide bonds. The van der Waals surface area contributed by atoms with Crippen LogP contribution in [0.1, 0.15) is 6.92 Å². The second-order valence-corrected chi connectivity index (χ2v) is 5.45. The van der Waals surface area contributed by atoms with Crippen LogP contribution >= 0.6 is 11.6 Å². The Hall–Kier alpha value is -1.27. The van der Waals surface area contributed by atoms with Gasteiger partial charge < -0.3 is 4.74 Å². The monoisotopic (exact) mass is 279 g/mol. The van der Waals surface area contributed by atoms with Gasteiger partial charge in [0.05, 0.1) is 17.0 Å². The number of hydrogen-bond acceptors (Lipinski definition) is 4. The SMILES string of the molecule is COC(C)=O.CS(=O)(=O)c1ccc([O])cc1Cl. The number of ether oxygens (including phenoxy) is 1. The lowest BCUT2D eigenvalue weighted by molar-refractivity contribution is -0.137. The van der Waals surface area contributed by atoms with E-state index in [1.165, 1.54) is 26.2 Å². The van der Waals surface area contributed by atoms with E-state index in [9.17, 15) is 18.3 Å². The van der Waals surface area contributed by atoms with Gasteiger partial charge in [0.25, 0.3) is 0 Å². The van der Waals surface area contributed by atoms with Gasteiger partial charge in [-0.3, -0.25) is 9.90 Å². The number of sulfone groups is 1. The molecule has 0 aliphatic heterocycles. The summed E-state index contributed by atoms with van der Waals surface area (Å²) in [7, 11) is -1.97. The fourth-order valence-corrected chi connectivity index (χ4v) is 2.10. The van der Waals surface area contributed by atoms with Crippen molar-refractivity contribution >= 4 is 27.4 Å². The molecule has 1 aromatic carbocycles. The van der Waals surface area contributed by atoms with Crippen molar-refractivity contribution < 1.29 is 23.1 Å². The minimum absolute atomic E-state index is 0.0104. The van der Waals surface area contributed by atoms with E-state index >= 15 is 0 Å². The number of benzene rings is 1. The van der Waals surface area contributed by atoms with Gasteiger partial charge in [0, 0.05) is 19.2 Å². The molecular weight excluding hydrogens is 268 g/mol. The first-order chi connectivity index (χ1) is 7.68. The summed E-state index contributed by atoms with van der Waals surface area (Å²) in [4.78, 5) is 9.58. The molecule has 7 heteroatoms. The quantitative estimate of drug-likeness (QED) is 0.737. The van der Waals surface area contributed by atoms with E-state index in [1.807, 2.05) is 0 Å². The average Bonchev–Trinajstić information content (AvgIpc) is 2.16. The van der Waals surface area contributed by atoms with Crippen molar-refractivity contribution in [2.75, 3.05) is 13.4 Å². The lowest BCUT2D eigenvalue weighted by Gasteiger charge is -1.99. The highest BCUT2D eigenvalue weighted by Gasteiger charge is 2.12. The maximum atomic E-state index is 11.0. The van der Waals surface area contributed by atoms with Crippen LogP contribution in [0.5, 0.6) is 5.75 Å². The van der Waals surface area contributed by atoms with Crippen LogP contribution in [0.2, 0.25) is 5.02 Å². The molecule has 0 heterocycles. The van der Waals surface area contributed by atoms with Gasteiger partial charge in [0.15, 0.2) is 15.6 Å². The number of rotatable bonds is 1. The number of halogens is 1. The fraction of sp³-hybridized carbons (Fsp3) is 0.300. The van der Waals surface area contributed by atoms with Crippen LogP contribution in [0, 0.1) is 0 Å². The van der Waals surface area contributed by atoms with Gasteiger partial charge in [-0.2, -0.15) is 0 Å². The molecule has 0 saturated carbocycles. The lowest BCUT2D eigenvalue weighted by Crippen LogP contribution is -1.97. The van der Waals surface area contributed by atoms with Crippen molar-refractivity contribution in [1.29, 1.82) is 0 Å². The van der Waals surface area contributed by atoms with Crippen molar-refractivity contribution in [1.82, 2.24) is 0 Å². The smallest absolute Gasteiger partial charge is 0.302 e. The standard InChI is InChI=1S/C7H6ClO3S.C3H6O2/c1-12(10,11)7-3-2-5(9)4-6(7)8;1-3(4)5-2/h2-4H,1H3;1-2H3. The third-order valence-corrected chi connectivity index (χ3v) is 3.17. The molecule has 1 radical (unpaired) electrons. The van der Waals surface area contributed by atoms with Crippen LogP contribution in [0.15, 0.2) is 23.1 Å². The van der Waals surface area contributed by atoms with E-state index in [4.69, 9.17) is 11.6 Å². The zero-order valence-electron chi connectivity index (χ0n) is 9.56. The van der Waals surface area contributed by atoms with Crippen molar-refractivity contribution in [2.24, 2.45) is 0 Å². The molecule has 5 nitrogen and oxygen atoms in total. The van der Waals surface area contributed by atoms with Gasteiger partial charge in [-0.25, -0.2) is 8.42 Å². The molecule has 17 heavy (non-hydrogen) atoms. The summed E-state index contributed by atoms with van der Waals surface area (Å²) < 4.78 is 26.1.